The maximum Gasteiger partial charge on any atom is 0.131 e. The SMILES string of the molecule is c1ccc(C2=NC(c3cccc4sc5cc(-c6cccc(N(c7ccccc7)c7cccc8ccccc78)c6)ccc5c34)NC(c3cccc4ccccc34)N2)cc1. The molecule has 58 heavy (non-hydrogen) atoms. The maximum absolute atomic E-state index is 5.37. The highest BCUT2D eigenvalue weighted by Crippen LogP contribution is 2.43. The summed E-state index contributed by atoms with van der Waals surface area (Å²) in [5, 5.41) is 15.1. The summed E-state index contributed by atoms with van der Waals surface area (Å²) in [4.78, 5) is 7.74. The first kappa shape index (κ1) is 34.2. The summed E-state index contributed by atoms with van der Waals surface area (Å²) in [5.41, 5.74) is 9.20. The first-order chi connectivity index (χ1) is 28.7. The smallest absolute Gasteiger partial charge is 0.131 e. The Hall–Kier alpha value is -7.05. The van der Waals surface area contributed by atoms with Gasteiger partial charge in [-0.15, -0.1) is 11.3 Å². The number of para-hydroxylation sites is 1. The molecule has 1 aliphatic rings. The van der Waals surface area contributed by atoms with Crippen molar-refractivity contribution in [1.82, 2.24) is 10.6 Å². The van der Waals surface area contributed by atoms with Crippen molar-refractivity contribution < 1.29 is 0 Å². The maximum atomic E-state index is 5.37. The molecule has 0 saturated carbocycles. The van der Waals surface area contributed by atoms with Gasteiger partial charge in [-0.1, -0.05) is 164 Å². The van der Waals surface area contributed by atoms with Gasteiger partial charge in [-0.05, 0) is 75.3 Å². The van der Waals surface area contributed by atoms with Gasteiger partial charge in [0.15, 0.2) is 0 Å². The highest BCUT2D eigenvalue weighted by atomic mass is 32.1. The highest BCUT2D eigenvalue weighted by molar-refractivity contribution is 7.25. The van der Waals surface area contributed by atoms with E-state index in [9.17, 15) is 0 Å². The van der Waals surface area contributed by atoms with E-state index in [0.717, 1.165) is 28.5 Å². The molecule has 10 aromatic rings. The summed E-state index contributed by atoms with van der Waals surface area (Å²) in [6.45, 7) is 0. The van der Waals surface area contributed by atoms with Crippen LogP contribution < -0.4 is 15.5 Å². The molecule has 9 aromatic carbocycles. The molecule has 0 amide bonds. The summed E-state index contributed by atoms with van der Waals surface area (Å²) in [6.07, 6.45) is -0.413. The fourth-order valence-electron chi connectivity index (χ4n) is 8.62. The van der Waals surface area contributed by atoms with E-state index in [1.807, 2.05) is 11.3 Å². The number of anilines is 3. The Kier molecular flexibility index (Phi) is 8.54. The van der Waals surface area contributed by atoms with Gasteiger partial charge < -0.3 is 10.2 Å². The molecule has 5 heteroatoms. The molecule has 0 aliphatic carbocycles. The van der Waals surface area contributed by atoms with E-state index in [1.165, 1.54) is 64.0 Å². The van der Waals surface area contributed by atoms with E-state index in [0.29, 0.717) is 0 Å². The van der Waals surface area contributed by atoms with Crippen molar-refractivity contribution in [3.8, 4) is 11.1 Å². The summed E-state index contributed by atoms with van der Waals surface area (Å²) in [7, 11) is 0. The van der Waals surface area contributed by atoms with Crippen LogP contribution in [0, 0.1) is 0 Å². The van der Waals surface area contributed by atoms with E-state index < -0.39 is 0 Å². The minimum atomic E-state index is -0.267. The molecular formula is C53H38N4S. The number of hydrogen-bond donors (Lipinski definition) is 2. The third-order valence-corrected chi connectivity index (χ3v) is 12.4. The zero-order valence-corrected chi connectivity index (χ0v) is 32.4. The molecule has 11 rings (SSSR count). The fourth-order valence-corrected chi connectivity index (χ4v) is 9.79. The van der Waals surface area contributed by atoms with Crippen molar-refractivity contribution in [2.45, 2.75) is 12.3 Å². The number of nitrogens with zero attached hydrogens (tertiary/aromatic N) is 2. The molecular weight excluding hydrogens is 725 g/mol. The second-order valence-electron chi connectivity index (χ2n) is 14.8. The fraction of sp³-hybridized carbons (Fsp3) is 0.0377. The number of rotatable bonds is 7. The van der Waals surface area contributed by atoms with Gasteiger partial charge in [0.2, 0.25) is 0 Å². The number of thiophene rings is 1. The Labute approximate surface area is 341 Å². The first-order valence-corrected chi connectivity index (χ1v) is 20.6. The third kappa shape index (κ3) is 6.09. The monoisotopic (exact) mass is 762 g/mol. The Morgan fingerprint density at radius 2 is 1.07 bits per heavy atom. The van der Waals surface area contributed by atoms with Crippen LogP contribution >= 0.6 is 11.3 Å². The van der Waals surface area contributed by atoms with Crippen molar-refractivity contribution in [2.24, 2.45) is 4.99 Å². The van der Waals surface area contributed by atoms with E-state index >= 15 is 0 Å². The van der Waals surface area contributed by atoms with Crippen LogP contribution in [0.5, 0.6) is 0 Å². The lowest BCUT2D eigenvalue weighted by atomic mass is 9.98. The average Bonchev–Trinajstić information content (AvgIpc) is 3.68. The summed E-state index contributed by atoms with van der Waals surface area (Å²) < 4.78 is 2.51. The quantitative estimate of drug-likeness (QED) is 0.170. The van der Waals surface area contributed by atoms with E-state index in [-0.39, 0.29) is 12.3 Å². The molecule has 4 nitrogen and oxygen atoms in total. The summed E-state index contributed by atoms with van der Waals surface area (Å²) in [5.74, 6) is 0.883. The zero-order valence-electron chi connectivity index (χ0n) is 31.6. The van der Waals surface area contributed by atoms with Crippen LogP contribution in [-0.4, -0.2) is 5.84 Å². The van der Waals surface area contributed by atoms with Crippen LogP contribution in [-0.2, 0) is 0 Å². The van der Waals surface area contributed by atoms with Crippen LogP contribution in [0.4, 0.5) is 17.1 Å². The van der Waals surface area contributed by atoms with Crippen LogP contribution in [0.1, 0.15) is 29.0 Å². The largest absolute Gasteiger partial charge is 0.350 e. The van der Waals surface area contributed by atoms with Crippen molar-refractivity contribution in [1.29, 1.82) is 0 Å². The predicted molar refractivity (Wildman–Crippen MR) is 246 cm³/mol. The molecule has 0 radical (unpaired) electrons. The Morgan fingerprint density at radius 1 is 0.448 bits per heavy atom. The number of aliphatic imine (C=N–C) groups is 1. The molecule has 2 heterocycles. The molecule has 276 valence electrons. The van der Waals surface area contributed by atoms with E-state index in [1.54, 1.807) is 0 Å². The molecule has 0 fully saturated rings. The number of nitrogens with one attached hydrogen (secondary N) is 2. The van der Waals surface area contributed by atoms with Crippen LogP contribution in [0.25, 0.3) is 52.8 Å². The van der Waals surface area contributed by atoms with E-state index in [2.05, 4.69) is 222 Å². The molecule has 2 N–H and O–H groups in total. The van der Waals surface area contributed by atoms with Crippen molar-refractivity contribution in [3.05, 3.63) is 223 Å². The van der Waals surface area contributed by atoms with Crippen molar-refractivity contribution >= 4 is 76.0 Å². The molecule has 2 unspecified atom stereocenters. The van der Waals surface area contributed by atoms with Gasteiger partial charge >= 0.3 is 0 Å². The number of fused-ring (bicyclic) bond motifs is 5. The molecule has 2 atom stereocenters. The highest BCUT2D eigenvalue weighted by Gasteiger charge is 2.28. The van der Waals surface area contributed by atoms with Crippen LogP contribution in [0.15, 0.2) is 211 Å². The van der Waals surface area contributed by atoms with Gasteiger partial charge in [-0.3, -0.25) is 5.32 Å². The van der Waals surface area contributed by atoms with Gasteiger partial charge in [-0.2, -0.15) is 0 Å². The second kappa shape index (κ2) is 14.5. The lowest BCUT2D eigenvalue weighted by molar-refractivity contribution is 0.413. The molecule has 0 bridgehead atoms. The van der Waals surface area contributed by atoms with Crippen molar-refractivity contribution in [2.75, 3.05) is 4.90 Å². The second-order valence-corrected chi connectivity index (χ2v) is 15.9. The number of benzene rings is 9. The minimum Gasteiger partial charge on any atom is -0.350 e. The van der Waals surface area contributed by atoms with Gasteiger partial charge in [0.05, 0.1) is 5.69 Å². The topological polar surface area (TPSA) is 39.7 Å². The van der Waals surface area contributed by atoms with Gasteiger partial charge in [0.1, 0.15) is 18.2 Å². The molecule has 0 spiro atoms. The Bertz CT molecular complexity index is 3140. The molecule has 1 aliphatic heterocycles. The van der Waals surface area contributed by atoms with Crippen molar-refractivity contribution in [3.63, 3.8) is 0 Å². The van der Waals surface area contributed by atoms with Gasteiger partial charge in [0, 0.05) is 48.1 Å². The van der Waals surface area contributed by atoms with Crippen LogP contribution in [0.3, 0.4) is 0 Å². The Morgan fingerprint density at radius 3 is 1.91 bits per heavy atom. The molecule has 0 saturated heterocycles. The first-order valence-electron chi connectivity index (χ1n) is 19.8. The predicted octanol–water partition coefficient (Wildman–Crippen LogP) is 13.8. The Balaban J connectivity index is 1.00. The third-order valence-electron chi connectivity index (χ3n) is 11.3. The average molecular weight is 763 g/mol. The van der Waals surface area contributed by atoms with Gasteiger partial charge in [-0.25, -0.2) is 4.99 Å². The summed E-state index contributed by atoms with van der Waals surface area (Å²) >= 11 is 1.85. The summed E-state index contributed by atoms with van der Waals surface area (Å²) in [6, 6.07) is 74.0. The number of amidine groups is 1. The normalized spacial score (nSPS) is 15.4. The standard InChI is InChI=1S/C53H38N4S/c1-3-17-37(18-4-1)51-54-52(44-27-12-19-35-15-7-9-25-42(35)44)56-53(55-51)46-28-14-30-48-50(46)45-32-31-39(34-49(45)58-48)38-21-11-24-41(33-38)57(40-22-5-2-6-23-40)47-29-13-20-36-16-8-10-26-43(36)47/h1-34,52-53,56H,(H,54,55). The molecule has 1 aromatic heterocycles. The van der Waals surface area contributed by atoms with Crippen LogP contribution in [0.2, 0.25) is 0 Å². The lowest BCUT2D eigenvalue weighted by Gasteiger charge is -2.33. The van der Waals surface area contributed by atoms with Gasteiger partial charge in [0.25, 0.3) is 0 Å². The van der Waals surface area contributed by atoms with E-state index in [4.69, 9.17) is 4.99 Å². The number of hydrogen-bond acceptors (Lipinski definition) is 5. The zero-order chi connectivity index (χ0) is 38.4. The lowest BCUT2D eigenvalue weighted by Crippen LogP contribution is -2.45. The minimum absolute atomic E-state index is 0.146.